The van der Waals surface area contributed by atoms with Gasteiger partial charge in [-0.15, -0.1) is 0 Å². The Kier molecular flexibility index (Phi) is 3.54. The summed E-state index contributed by atoms with van der Waals surface area (Å²) >= 11 is 3.36. The predicted octanol–water partition coefficient (Wildman–Crippen LogP) is 3.13. The van der Waals surface area contributed by atoms with Crippen LogP contribution in [0.25, 0.3) is 0 Å². The SMILES string of the molecule is OCc1cc(Oc2ccc(Br)cc2)ccn1. The minimum absolute atomic E-state index is 0.0858. The van der Waals surface area contributed by atoms with Gasteiger partial charge in [0.05, 0.1) is 12.3 Å². The Morgan fingerprint density at radius 1 is 1.12 bits per heavy atom. The summed E-state index contributed by atoms with van der Waals surface area (Å²) in [7, 11) is 0. The van der Waals surface area contributed by atoms with Gasteiger partial charge in [0.2, 0.25) is 0 Å². The number of aromatic nitrogens is 1. The van der Waals surface area contributed by atoms with Gasteiger partial charge >= 0.3 is 0 Å². The van der Waals surface area contributed by atoms with E-state index in [1.54, 1.807) is 18.3 Å². The zero-order valence-electron chi connectivity index (χ0n) is 8.43. The Balaban J connectivity index is 2.16. The molecule has 0 aliphatic carbocycles. The van der Waals surface area contributed by atoms with Crippen LogP contribution in [0.3, 0.4) is 0 Å². The molecule has 1 N–H and O–H groups in total. The quantitative estimate of drug-likeness (QED) is 0.939. The molecule has 0 saturated heterocycles. The third-order valence-corrected chi connectivity index (χ3v) is 2.53. The third kappa shape index (κ3) is 2.81. The molecule has 0 bridgehead atoms. The summed E-state index contributed by atoms with van der Waals surface area (Å²) in [6, 6.07) is 11.0. The molecule has 0 amide bonds. The van der Waals surface area contributed by atoms with Crippen molar-refractivity contribution < 1.29 is 9.84 Å². The van der Waals surface area contributed by atoms with Crippen molar-refractivity contribution in [3.63, 3.8) is 0 Å². The van der Waals surface area contributed by atoms with Crippen LogP contribution in [0.2, 0.25) is 0 Å². The second kappa shape index (κ2) is 5.09. The Labute approximate surface area is 102 Å². The molecule has 0 unspecified atom stereocenters. The Hall–Kier alpha value is -1.39. The second-order valence-corrected chi connectivity index (χ2v) is 4.11. The van der Waals surface area contributed by atoms with Gasteiger partial charge < -0.3 is 9.84 Å². The van der Waals surface area contributed by atoms with Crippen LogP contribution in [0.15, 0.2) is 47.1 Å². The van der Waals surface area contributed by atoms with Gasteiger partial charge in [0.1, 0.15) is 11.5 Å². The van der Waals surface area contributed by atoms with Gasteiger partial charge in [-0.3, -0.25) is 4.98 Å². The molecule has 2 rings (SSSR count). The monoisotopic (exact) mass is 279 g/mol. The Bertz CT molecular complexity index is 471. The number of benzene rings is 1. The molecule has 2 aromatic rings. The maximum absolute atomic E-state index is 8.94. The van der Waals surface area contributed by atoms with Crippen LogP contribution < -0.4 is 4.74 Å². The van der Waals surface area contributed by atoms with Crippen LogP contribution in [0.4, 0.5) is 0 Å². The summed E-state index contributed by atoms with van der Waals surface area (Å²) in [5.74, 6) is 1.42. The Morgan fingerprint density at radius 3 is 2.56 bits per heavy atom. The smallest absolute Gasteiger partial charge is 0.130 e. The first-order valence-corrected chi connectivity index (χ1v) is 5.56. The third-order valence-electron chi connectivity index (χ3n) is 2.00. The lowest BCUT2D eigenvalue weighted by Gasteiger charge is -2.06. The molecule has 1 aromatic carbocycles. The standard InChI is InChI=1S/C12H10BrNO2/c13-9-1-3-11(4-2-9)16-12-5-6-14-10(7-12)8-15/h1-7,15H,8H2. The molecule has 0 spiro atoms. The topological polar surface area (TPSA) is 42.4 Å². The fraction of sp³-hybridized carbons (Fsp3) is 0.0833. The summed E-state index contributed by atoms with van der Waals surface area (Å²) in [6.45, 7) is -0.0858. The van der Waals surface area contributed by atoms with Crippen LogP contribution in [0.1, 0.15) is 5.69 Å². The van der Waals surface area contributed by atoms with Crippen molar-refractivity contribution in [2.24, 2.45) is 0 Å². The fourth-order valence-electron chi connectivity index (χ4n) is 1.24. The molecule has 0 radical (unpaired) electrons. The lowest BCUT2D eigenvalue weighted by Crippen LogP contribution is -1.90. The fourth-order valence-corrected chi connectivity index (χ4v) is 1.51. The molecule has 16 heavy (non-hydrogen) atoms. The molecule has 82 valence electrons. The maximum atomic E-state index is 8.94. The summed E-state index contributed by atoms with van der Waals surface area (Å²) in [5.41, 5.74) is 0.592. The summed E-state index contributed by atoms with van der Waals surface area (Å²) in [6.07, 6.45) is 1.61. The lowest BCUT2D eigenvalue weighted by atomic mass is 10.3. The van der Waals surface area contributed by atoms with Gasteiger partial charge in [-0.2, -0.15) is 0 Å². The van der Waals surface area contributed by atoms with Crippen molar-refractivity contribution >= 4 is 15.9 Å². The molecule has 4 heteroatoms. The van der Waals surface area contributed by atoms with E-state index in [9.17, 15) is 0 Å². The van der Waals surface area contributed by atoms with Crippen molar-refractivity contribution in [1.29, 1.82) is 0 Å². The van der Waals surface area contributed by atoms with Gasteiger partial charge in [0.25, 0.3) is 0 Å². The van der Waals surface area contributed by atoms with Crippen LogP contribution in [-0.2, 0) is 6.61 Å². The maximum Gasteiger partial charge on any atom is 0.130 e. The van der Waals surface area contributed by atoms with Gasteiger partial charge in [0, 0.05) is 16.7 Å². The van der Waals surface area contributed by atoms with Crippen LogP contribution in [-0.4, -0.2) is 10.1 Å². The summed E-state index contributed by atoms with van der Waals surface area (Å²) in [5, 5.41) is 8.94. The predicted molar refractivity (Wildman–Crippen MR) is 64.4 cm³/mol. The van der Waals surface area contributed by atoms with E-state index < -0.39 is 0 Å². The van der Waals surface area contributed by atoms with Crippen molar-refractivity contribution in [3.8, 4) is 11.5 Å². The van der Waals surface area contributed by atoms with E-state index in [2.05, 4.69) is 20.9 Å². The van der Waals surface area contributed by atoms with Gasteiger partial charge in [-0.05, 0) is 30.3 Å². The molecule has 0 aliphatic heterocycles. The van der Waals surface area contributed by atoms with Gasteiger partial charge in [-0.25, -0.2) is 0 Å². The van der Waals surface area contributed by atoms with E-state index >= 15 is 0 Å². The van der Waals surface area contributed by atoms with Gasteiger partial charge in [-0.1, -0.05) is 15.9 Å². The highest BCUT2D eigenvalue weighted by Crippen LogP contribution is 2.23. The number of ether oxygens (including phenoxy) is 1. The minimum Gasteiger partial charge on any atom is -0.457 e. The largest absolute Gasteiger partial charge is 0.457 e. The zero-order valence-corrected chi connectivity index (χ0v) is 10.0. The van der Waals surface area contributed by atoms with Crippen molar-refractivity contribution in [1.82, 2.24) is 4.98 Å². The van der Waals surface area contributed by atoms with Crippen molar-refractivity contribution in [3.05, 3.63) is 52.8 Å². The summed E-state index contributed by atoms with van der Waals surface area (Å²) in [4.78, 5) is 3.98. The molecule has 3 nitrogen and oxygen atoms in total. The summed E-state index contributed by atoms with van der Waals surface area (Å²) < 4.78 is 6.61. The van der Waals surface area contributed by atoms with Crippen LogP contribution >= 0.6 is 15.9 Å². The van der Waals surface area contributed by atoms with Crippen molar-refractivity contribution in [2.45, 2.75) is 6.61 Å². The van der Waals surface area contributed by atoms with E-state index in [4.69, 9.17) is 9.84 Å². The van der Waals surface area contributed by atoms with E-state index in [1.807, 2.05) is 24.3 Å². The number of hydrogen-bond donors (Lipinski definition) is 1. The first-order chi connectivity index (χ1) is 7.78. The highest BCUT2D eigenvalue weighted by Gasteiger charge is 1.99. The number of halogens is 1. The number of pyridine rings is 1. The minimum atomic E-state index is -0.0858. The highest BCUT2D eigenvalue weighted by atomic mass is 79.9. The van der Waals surface area contributed by atoms with Crippen molar-refractivity contribution in [2.75, 3.05) is 0 Å². The molecule has 0 saturated carbocycles. The number of nitrogens with zero attached hydrogens (tertiary/aromatic N) is 1. The second-order valence-electron chi connectivity index (χ2n) is 3.20. The first kappa shape index (κ1) is 11.1. The normalized spacial score (nSPS) is 10.1. The molecule has 0 aliphatic rings. The van der Waals surface area contributed by atoms with Crippen LogP contribution in [0.5, 0.6) is 11.5 Å². The average Bonchev–Trinajstić information content (AvgIpc) is 2.32. The molecular weight excluding hydrogens is 270 g/mol. The van der Waals surface area contributed by atoms with E-state index in [0.29, 0.717) is 11.4 Å². The van der Waals surface area contributed by atoms with Gasteiger partial charge in [0.15, 0.2) is 0 Å². The van der Waals surface area contributed by atoms with E-state index in [-0.39, 0.29) is 6.61 Å². The average molecular weight is 280 g/mol. The Morgan fingerprint density at radius 2 is 1.88 bits per heavy atom. The molecule has 0 atom stereocenters. The number of aliphatic hydroxyl groups excluding tert-OH is 1. The molecule has 1 heterocycles. The highest BCUT2D eigenvalue weighted by molar-refractivity contribution is 9.10. The molecular formula is C12H10BrNO2. The zero-order chi connectivity index (χ0) is 11.4. The molecule has 1 aromatic heterocycles. The van der Waals surface area contributed by atoms with E-state index in [1.165, 1.54) is 0 Å². The lowest BCUT2D eigenvalue weighted by molar-refractivity contribution is 0.276. The molecule has 0 fully saturated rings. The van der Waals surface area contributed by atoms with Crippen LogP contribution in [0, 0.1) is 0 Å². The van der Waals surface area contributed by atoms with E-state index in [0.717, 1.165) is 10.2 Å². The first-order valence-electron chi connectivity index (χ1n) is 4.77. The number of hydrogen-bond acceptors (Lipinski definition) is 3. The number of aliphatic hydroxyl groups is 1. The number of rotatable bonds is 3.